The fourth-order valence-corrected chi connectivity index (χ4v) is 3.43. The van der Waals surface area contributed by atoms with E-state index < -0.39 is 17.3 Å². The Balaban J connectivity index is 1.49. The molecule has 1 aromatic carbocycles. The molecular weight excluding hydrogens is 424 g/mol. The number of hydrogen-bond donors (Lipinski definition) is 1. The largest absolute Gasteiger partial charge is 0.492 e. The number of hydrogen-bond acceptors (Lipinski definition) is 7. The predicted molar refractivity (Wildman–Crippen MR) is 124 cm³/mol. The first-order valence-corrected chi connectivity index (χ1v) is 10.6. The fourth-order valence-electron chi connectivity index (χ4n) is 3.43. The van der Waals surface area contributed by atoms with E-state index in [1.165, 1.54) is 0 Å². The minimum absolute atomic E-state index is 0.237. The summed E-state index contributed by atoms with van der Waals surface area (Å²) in [7, 11) is 0. The molecule has 1 N–H and O–H groups in total. The van der Waals surface area contributed by atoms with Gasteiger partial charge in [-0.15, -0.1) is 0 Å². The number of carbonyl (C=O) groups excluding carboxylic acids is 1. The molecule has 172 valence electrons. The number of ether oxygens (including phenoxy) is 2. The predicted octanol–water partition coefficient (Wildman–Crippen LogP) is 4.02. The summed E-state index contributed by atoms with van der Waals surface area (Å²) in [5.41, 5.74) is 2.60. The second kappa shape index (κ2) is 8.57. The summed E-state index contributed by atoms with van der Waals surface area (Å²) in [6.07, 6.45) is 3.16. The molecule has 0 saturated heterocycles. The van der Waals surface area contributed by atoms with E-state index >= 15 is 0 Å². The molecule has 33 heavy (non-hydrogen) atoms. The molecule has 4 rings (SSSR count). The maximum Gasteiger partial charge on any atom is 0.407 e. The van der Waals surface area contributed by atoms with E-state index in [1.54, 1.807) is 45.2 Å². The van der Waals surface area contributed by atoms with E-state index in [0.29, 0.717) is 28.2 Å². The highest BCUT2D eigenvalue weighted by Crippen LogP contribution is 2.25. The van der Waals surface area contributed by atoms with Crippen LogP contribution in [0.15, 0.2) is 45.9 Å². The smallest absolute Gasteiger partial charge is 0.407 e. The van der Waals surface area contributed by atoms with E-state index in [1.807, 2.05) is 30.5 Å². The van der Waals surface area contributed by atoms with Crippen molar-refractivity contribution in [3.05, 3.63) is 58.5 Å². The van der Waals surface area contributed by atoms with Crippen LogP contribution in [-0.4, -0.2) is 39.2 Å². The number of nitrogens with zero attached hydrogens (tertiary/aromatic N) is 3. The lowest BCUT2D eigenvalue weighted by molar-refractivity contribution is 0.0520. The number of alkyl carbamates (subject to hydrolysis) is 1. The number of fused-ring (bicyclic) bond motifs is 2. The van der Waals surface area contributed by atoms with Crippen LogP contribution >= 0.6 is 0 Å². The third-order valence-corrected chi connectivity index (χ3v) is 4.75. The summed E-state index contributed by atoms with van der Waals surface area (Å²) >= 11 is 0. The van der Waals surface area contributed by atoms with Crippen molar-refractivity contribution in [2.24, 2.45) is 0 Å². The van der Waals surface area contributed by atoms with Crippen LogP contribution < -0.4 is 15.7 Å². The molecule has 3 aromatic heterocycles. The minimum atomic E-state index is -0.558. The second-order valence-electron chi connectivity index (χ2n) is 8.75. The molecule has 0 atom stereocenters. The van der Waals surface area contributed by atoms with Gasteiger partial charge in [-0.3, -0.25) is 4.98 Å². The van der Waals surface area contributed by atoms with Crippen molar-refractivity contribution < 1.29 is 18.7 Å². The average molecular weight is 450 g/mol. The van der Waals surface area contributed by atoms with Crippen molar-refractivity contribution in [3.63, 3.8) is 0 Å². The molecule has 0 aliphatic rings. The minimum Gasteiger partial charge on any atom is -0.492 e. The first kappa shape index (κ1) is 22.3. The van der Waals surface area contributed by atoms with E-state index in [0.717, 1.165) is 16.8 Å². The third-order valence-electron chi connectivity index (χ3n) is 4.75. The van der Waals surface area contributed by atoms with Crippen molar-refractivity contribution >= 4 is 22.7 Å². The Kier molecular flexibility index (Phi) is 5.80. The van der Waals surface area contributed by atoms with Crippen LogP contribution in [0.25, 0.3) is 27.9 Å². The zero-order chi connectivity index (χ0) is 23.8. The number of aromatic nitrogens is 3. The molecule has 4 aromatic rings. The van der Waals surface area contributed by atoms with E-state index in [9.17, 15) is 9.59 Å². The lowest BCUT2D eigenvalue weighted by Gasteiger charge is -2.19. The molecule has 0 spiro atoms. The SMILES string of the molecule is Cc1cn2cc(-c3cc4ccc(OCCNC(=O)OC(C)(C)C)cc4oc3=O)nc2c(C)n1. The summed E-state index contributed by atoms with van der Waals surface area (Å²) in [4.78, 5) is 33.3. The highest BCUT2D eigenvalue weighted by Gasteiger charge is 2.16. The van der Waals surface area contributed by atoms with Gasteiger partial charge in [-0.2, -0.15) is 0 Å². The van der Waals surface area contributed by atoms with Crippen molar-refractivity contribution in [1.29, 1.82) is 0 Å². The van der Waals surface area contributed by atoms with Crippen molar-refractivity contribution in [2.45, 2.75) is 40.2 Å². The number of carbonyl (C=O) groups is 1. The summed E-state index contributed by atoms with van der Waals surface area (Å²) < 4.78 is 18.2. The van der Waals surface area contributed by atoms with Crippen LogP contribution in [0.4, 0.5) is 4.79 Å². The Morgan fingerprint density at radius 3 is 2.70 bits per heavy atom. The first-order valence-electron chi connectivity index (χ1n) is 10.6. The fraction of sp³-hybridized carbons (Fsp3) is 0.333. The standard InChI is InChI=1S/C24H26N4O5/c1-14-12-28-13-19(27-21(28)15(2)26-14)18-10-16-6-7-17(11-20(16)32-22(18)29)31-9-8-25-23(30)33-24(3,4)5/h6-7,10-13H,8-9H2,1-5H3,(H,25,30). The number of benzene rings is 1. The van der Waals surface area contributed by atoms with Crippen LogP contribution in [0.1, 0.15) is 32.2 Å². The zero-order valence-electron chi connectivity index (χ0n) is 19.3. The van der Waals surface area contributed by atoms with Gasteiger partial charge in [0.2, 0.25) is 0 Å². The molecular formula is C24H26N4O5. The normalized spacial score (nSPS) is 11.7. The topological polar surface area (TPSA) is 108 Å². The summed E-state index contributed by atoms with van der Waals surface area (Å²) in [6.45, 7) is 9.69. The molecule has 0 aliphatic carbocycles. The summed E-state index contributed by atoms with van der Waals surface area (Å²) in [5, 5.41) is 3.37. The Bertz CT molecular complexity index is 1400. The van der Waals surface area contributed by atoms with Gasteiger partial charge in [-0.05, 0) is 52.8 Å². The molecule has 0 saturated carbocycles. The van der Waals surface area contributed by atoms with E-state index in [2.05, 4.69) is 15.3 Å². The highest BCUT2D eigenvalue weighted by molar-refractivity contribution is 5.82. The Morgan fingerprint density at radius 1 is 1.15 bits per heavy atom. The average Bonchev–Trinajstić information content (AvgIpc) is 3.13. The molecule has 0 aliphatic heterocycles. The van der Waals surface area contributed by atoms with E-state index in [-0.39, 0.29) is 13.2 Å². The Labute approximate surface area is 190 Å². The maximum absolute atomic E-state index is 12.7. The molecule has 0 unspecified atom stereocenters. The van der Waals surface area contributed by atoms with Crippen LogP contribution in [0.3, 0.4) is 0 Å². The molecule has 9 nitrogen and oxygen atoms in total. The molecule has 0 radical (unpaired) electrons. The quantitative estimate of drug-likeness (QED) is 0.361. The first-order chi connectivity index (χ1) is 15.6. The van der Waals surface area contributed by atoms with Gasteiger partial charge in [-0.25, -0.2) is 14.6 Å². The van der Waals surface area contributed by atoms with Gasteiger partial charge in [0.25, 0.3) is 0 Å². The summed E-state index contributed by atoms with van der Waals surface area (Å²) in [6, 6.07) is 6.99. The van der Waals surface area contributed by atoms with Crippen molar-refractivity contribution in [3.8, 4) is 17.0 Å². The monoisotopic (exact) mass is 450 g/mol. The van der Waals surface area contributed by atoms with Crippen molar-refractivity contribution in [1.82, 2.24) is 19.7 Å². The molecule has 3 heterocycles. The van der Waals surface area contributed by atoms with Gasteiger partial charge in [0.1, 0.15) is 23.5 Å². The maximum atomic E-state index is 12.7. The van der Waals surface area contributed by atoms with Gasteiger partial charge in [0.15, 0.2) is 5.65 Å². The highest BCUT2D eigenvalue weighted by atomic mass is 16.6. The molecule has 9 heteroatoms. The molecule has 0 fully saturated rings. The van der Waals surface area contributed by atoms with Crippen LogP contribution in [0.5, 0.6) is 5.75 Å². The second-order valence-corrected chi connectivity index (χ2v) is 8.75. The summed E-state index contributed by atoms with van der Waals surface area (Å²) in [5.74, 6) is 0.522. The lowest BCUT2D eigenvalue weighted by Crippen LogP contribution is -2.34. The molecule has 0 bridgehead atoms. The van der Waals surface area contributed by atoms with Crippen LogP contribution in [0, 0.1) is 13.8 Å². The molecule has 1 amide bonds. The number of rotatable bonds is 5. The van der Waals surface area contributed by atoms with Gasteiger partial charge in [0, 0.05) is 23.8 Å². The number of amides is 1. The zero-order valence-corrected chi connectivity index (χ0v) is 19.3. The van der Waals surface area contributed by atoms with Crippen molar-refractivity contribution in [2.75, 3.05) is 13.2 Å². The van der Waals surface area contributed by atoms with Crippen LogP contribution in [-0.2, 0) is 4.74 Å². The number of aryl methyl sites for hydroxylation is 2. The van der Waals surface area contributed by atoms with Crippen LogP contribution in [0.2, 0.25) is 0 Å². The van der Waals surface area contributed by atoms with Gasteiger partial charge < -0.3 is 23.6 Å². The number of imidazole rings is 1. The number of nitrogens with one attached hydrogen (secondary N) is 1. The Morgan fingerprint density at radius 2 is 1.94 bits per heavy atom. The lowest BCUT2D eigenvalue weighted by atomic mass is 10.1. The van der Waals surface area contributed by atoms with Gasteiger partial charge >= 0.3 is 11.7 Å². The third kappa shape index (κ3) is 5.14. The Hall–Kier alpha value is -3.88. The van der Waals surface area contributed by atoms with E-state index in [4.69, 9.17) is 13.9 Å². The van der Waals surface area contributed by atoms with Gasteiger partial charge in [-0.1, -0.05) is 0 Å². The van der Waals surface area contributed by atoms with Gasteiger partial charge in [0.05, 0.1) is 29.2 Å².